The Morgan fingerprint density at radius 3 is 2.50 bits per heavy atom. The molecule has 0 heterocycles. The fourth-order valence-electron chi connectivity index (χ4n) is 7.11. The Bertz CT molecular complexity index is 905. The molecule has 0 saturated heterocycles. The van der Waals surface area contributed by atoms with E-state index in [4.69, 9.17) is 11.2 Å². The third-order valence-electron chi connectivity index (χ3n) is 8.98. The van der Waals surface area contributed by atoms with Gasteiger partial charge in [0.25, 0.3) is 0 Å². The van der Waals surface area contributed by atoms with E-state index in [0.717, 1.165) is 36.0 Å². The SMILES string of the molecule is C#Cc1c(OC)cc2c(c1C)CC1C2(C)C(=O)CC2C(C)(C)C(O)CCC12C. The number of ether oxygens (including phenoxy) is 1. The van der Waals surface area contributed by atoms with Crippen LogP contribution >= 0.6 is 0 Å². The molecule has 0 spiro atoms. The Morgan fingerprint density at radius 1 is 1.21 bits per heavy atom. The minimum absolute atomic E-state index is 0.0143. The summed E-state index contributed by atoms with van der Waals surface area (Å²) >= 11 is 0. The summed E-state index contributed by atoms with van der Waals surface area (Å²) < 4.78 is 5.59. The molecule has 0 aromatic heterocycles. The van der Waals surface area contributed by atoms with Crippen molar-refractivity contribution in [3.05, 3.63) is 28.3 Å². The molecular formula is C25H32O3. The van der Waals surface area contributed by atoms with E-state index in [-0.39, 0.29) is 28.8 Å². The molecule has 2 saturated carbocycles. The van der Waals surface area contributed by atoms with Crippen LogP contribution in [-0.2, 0) is 16.6 Å². The zero-order valence-corrected chi connectivity index (χ0v) is 18.0. The van der Waals surface area contributed by atoms with Crippen LogP contribution in [0.3, 0.4) is 0 Å². The summed E-state index contributed by atoms with van der Waals surface area (Å²) in [5, 5.41) is 10.7. The first-order chi connectivity index (χ1) is 13.0. The number of terminal acetylenes is 1. The second-order valence-electron chi connectivity index (χ2n) is 10.3. The van der Waals surface area contributed by atoms with Crippen molar-refractivity contribution in [2.75, 3.05) is 7.11 Å². The predicted octanol–water partition coefficient (Wildman–Crippen LogP) is 4.19. The molecule has 4 rings (SSSR count). The van der Waals surface area contributed by atoms with Gasteiger partial charge < -0.3 is 9.84 Å². The predicted molar refractivity (Wildman–Crippen MR) is 110 cm³/mol. The average molecular weight is 381 g/mol. The standard InChI is InChI=1S/C25H32O3/c1-8-15-14(2)16-11-20-24(5)10-9-21(26)23(3,4)19(24)13-22(27)25(20,6)17(16)12-18(15)28-7/h1,12,19-21,26H,9-11,13H2,2-7H3. The molecule has 0 amide bonds. The Hall–Kier alpha value is -1.79. The highest BCUT2D eigenvalue weighted by Crippen LogP contribution is 2.67. The molecule has 0 radical (unpaired) electrons. The lowest BCUT2D eigenvalue weighted by molar-refractivity contribution is -0.167. The largest absolute Gasteiger partial charge is 0.495 e. The zero-order valence-electron chi connectivity index (χ0n) is 18.0. The summed E-state index contributed by atoms with van der Waals surface area (Å²) in [6.45, 7) is 10.8. The van der Waals surface area contributed by atoms with Gasteiger partial charge in [-0.25, -0.2) is 0 Å². The van der Waals surface area contributed by atoms with Crippen LogP contribution in [0.15, 0.2) is 6.07 Å². The van der Waals surface area contributed by atoms with Crippen molar-refractivity contribution in [1.29, 1.82) is 0 Å². The topological polar surface area (TPSA) is 46.5 Å². The molecule has 150 valence electrons. The number of methoxy groups -OCH3 is 1. The van der Waals surface area contributed by atoms with E-state index in [2.05, 4.69) is 40.5 Å². The highest BCUT2D eigenvalue weighted by Gasteiger charge is 2.66. The van der Waals surface area contributed by atoms with Crippen LogP contribution < -0.4 is 4.74 Å². The van der Waals surface area contributed by atoms with Gasteiger partial charge in [0, 0.05) is 6.42 Å². The van der Waals surface area contributed by atoms with Crippen LogP contribution in [0, 0.1) is 41.9 Å². The van der Waals surface area contributed by atoms with E-state index < -0.39 is 5.41 Å². The molecule has 1 N–H and O–H groups in total. The molecule has 0 aliphatic heterocycles. The van der Waals surface area contributed by atoms with Crippen LogP contribution in [0.5, 0.6) is 5.75 Å². The first kappa shape index (κ1) is 19.5. The molecule has 1 aromatic rings. The molecule has 5 unspecified atom stereocenters. The summed E-state index contributed by atoms with van der Waals surface area (Å²) in [4.78, 5) is 13.7. The molecule has 3 aliphatic rings. The van der Waals surface area contributed by atoms with Crippen molar-refractivity contribution in [3.63, 3.8) is 0 Å². The van der Waals surface area contributed by atoms with Gasteiger partial charge in [-0.1, -0.05) is 26.7 Å². The van der Waals surface area contributed by atoms with Crippen LogP contribution in [0.25, 0.3) is 0 Å². The van der Waals surface area contributed by atoms with E-state index in [0.29, 0.717) is 18.0 Å². The number of aliphatic hydroxyl groups is 1. The van der Waals surface area contributed by atoms with Gasteiger partial charge in [-0.15, -0.1) is 6.42 Å². The van der Waals surface area contributed by atoms with Crippen molar-refractivity contribution in [3.8, 4) is 18.1 Å². The smallest absolute Gasteiger partial charge is 0.143 e. The van der Waals surface area contributed by atoms with Gasteiger partial charge in [-0.2, -0.15) is 0 Å². The van der Waals surface area contributed by atoms with Crippen molar-refractivity contribution >= 4 is 5.78 Å². The third-order valence-corrected chi connectivity index (χ3v) is 8.98. The van der Waals surface area contributed by atoms with Gasteiger partial charge in [0.05, 0.1) is 24.2 Å². The second-order valence-corrected chi connectivity index (χ2v) is 10.3. The van der Waals surface area contributed by atoms with Crippen LogP contribution in [-0.4, -0.2) is 24.1 Å². The Labute approximate surface area is 168 Å². The van der Waals surface area contributed by atoms with Gasteiger partial charge in [0.1, 0.15) is 11.5 Å². The number of hydrogen-bond acceptors (Lipinski definition) is 3. The molecule has 0 bridgehead atoms. The van der Waals surface area contributed by atoms with Gasteiger partial charge in [-0.3, -0.25) is 4.79 Å². The van der Waals surface area contributed by atoms with Crippen molar-refractivity contribution < 1.29 is 14.6 Å². The maximum absolute atomic E-state index is 13.7. The first-order valence-electron chi connectivity index (χ1n) is 10.4. The maximum Gasteiger partial charge on any atom is 0.143 e. The van der Waals surface area contributed by atoms with Crippen molar-refractivity contribution in [1.82, 2.24) is 0 Å². The summed E-state index contributed by atoms with van der Waals surface area (Å²) in [5.41, 5.74) is 3.48. The fraction of sp³-hybridized carbons (Fsp3) is 0.640. The van der Waals surface area contributed by atoms with Gasteiger partial charge in [-0.05, 0) is 78.5 Å². The lowest BCUT2D eigenvalue weighted by Crippen LogP contribution is -2.61. The summed E-state index contributed by atoms with van der Waals surface area (Å²) in [6, 6.07) is 2.03. The summed E-state index contributed by atoms with van der Waals surface area (Å²) in [6.07, 6.45) is 8.61. The first-order valence-corrected chi connectivity index (χ1v) is 10.4. The van der Waals surface area contributed by atoms with Crippen molar-refractivity contribution in [2.45, 2.75) is 71.8 Å². The van der Waals surface area contributed by atoms with Gasteiger partial charge in [0.2, 0.25) is 0 Å². The molecule has 3 nitrogen and oxygen atoms in total. The summed E-state index contributed by atoms with van der Waals surface area (Å²) in [5.74, 6) is 4.21. The van der Waals surface area contributed by atoms with E-state index in [1.807, 2.05) is 6.07 Å². The molecule has 3 heteroatoms. The third kappa shape index (κ3) is 2.13. The minimum Gasteiger partial charge on any atom is -0.495 e. The van der Waals surface area contributed by atoms with Gasteiger partial charge in [0.15, 0.2) is 0 Å². The Morgan fingerprint density at radius 2 is 1.89 bits per heavy atom. The van der Waals surface area contributed by atoms with E-state index in [1.54, 1.807) is 7.11 Å². The molecule has 2 fully saturated rings. The quantitative estimate of drug-likeness (QED) is 0.743. The molecule has 5 atom stereocenters. The van der Waals surface area contributed by atoms with E-state index in [1.165, 1.54) is 5.56 Å². The normalized spacial score (nSPS) is 38.2. The summed E-state index contributed by atoms with van der Waals surface area (Å²) in [7, 11) is 1.64. The zero-order chi connectivity index (χ0) is 20.6. The highest BCUT2D eigenvalue weighted by molar-refractivity contribution is 5.93. The monoisotopic (exact) mass is 380 g/mol. The van der Waals surface area contributed by atoms with Crippen LogP contribution in [0.2, 0.25) is 0 Å². The number of Topliss-reactive ketones (excluding diaryl/α,β-unsaturated/α-hetero) is 1. The number of benzene rings is 1. The highest BCUT2D eigenvalue weighted by atomic mass is 16.5. The van der Waals surface area contributed by atoms with Crippen molar-refractivity contribution in [2.24, 2.45) is 22.7 Å². The number of rotatable bonds is 1. The maximum atomic E-state index is 13.7. The van der Waals surface area contributed by atoms with Crippen LogP contribution in [0.1, 0.15) is 69.2 Å². The minimum atomic E-state index is -0.510. The number of fused-ring (bicyclic) bond motifs is 5. The molecular weight excluding hydrogens is 348 g/mol. The molecule has 1 aromatic carbocycles. The molecule has 28 heavy (non-hydrogen) atoms. The number of carbonyl (C=O) groups is 1. The fourth-order valence-corrected chi connectivity index (χ4v) is 7.11. The van der Waals surface area contributed by atoms with Crippen LogP contribution in [0.4, 0.5) is 0 Å². The number of carbonyl (C=O) groups excluding carboxylic acids is 1. The number of hydrogen-bond donors (Lipinski definition) is 1. The Balaban J connectivity index is 1.92. The average Bonchev–Trinajstić information content (AvgIpc) is 2.97. The van der Waals surface area contributed by atoms with Gasteiger partial charge >= 0.3 is 0 Å². The van der Waals surface area contributed by atoms with E-state index in [9.17, 15) is 9.90 Å². The lowest BCUT2D eigenvalue weighted by atomic mass is 9.43. The lowest BCUT2D eigenvalue weighted by Gasteiger charge is -2.61. The van der Waals surface area contributed by atoms with E-state index >= 15 is 0 Å². The number of aliphatic hydroxyl groups excluding tert-OH is 1. The number of ketones is 1. The Kier molecular flexibility index (Phi) is 4.09. The molecule has 3 aliphatic carbocycles. The second kappa shape index (κ2) is 5.86.